The summed E-state index contributed by atoms with van der Waals surface area (Å²) in [6, 6.07) is 15.0. The number of halogens is 4. The zero-order chi connectivity index (χ0) is 24.9. The molecule has 0 spiro atoms. The number of sulfonamides is 1. The molecule has 0 fully saturated rings. The van der Waals surface area contributed by atoms with Crippen LogP contribution in [0.2, 0.25) is 5.02 Å². The summed E-state index contributed by atoms with van der Waals surface area (Å²) in [5, 5.41) is 3.21. The minimum absolute atomic E-state index is 0.250. The maximum atomic E-state index is 14.2. The summed E-state index contributed by atoms with van der Waals surface area (Å²) in [5.74, 6) is 0. The molecule has 3 aromatic carbocycles. The van der Waals surface area contributed by atoms with Gasteiger partial charge in [-0.3, -0.25) is 0 Å². The first-order valence-corrected chi connectivity index (χ1v) is 12.2. The molecule has 0 aliphatic carbocycles. The molecule has 2 atom stereocenters. The maximum Gasteiger partial charge on any atom is 0.407 e. The molecule has 0 unspecified atom stereocenters. The van der Waals surface area contributed by atoms with E-state index in [2.05, 4.69) is 5.32 Å². The summed E-state index contributed by atoms with van der Waals surface area (Å²) in [5.41, 5.74) is 2.82. The van der Waals surface area contributed by atoms with Gasteiger partial charge in [-0.1, -0.05) is 71.3 Å². The highest BCUT2D eigenvalue weighted by atomic mass is 35.5. The molecule has 0 saturated heterocycles. The highest BCUT2D eigenvalue weighted by Crippen LogP contribution is 2.28. The molecule has 0 heterocycles. The van der Waals surface area contributed by atoms with Gasteiger partial charge in [0.15, 0.2) is 0 Å². The maximum absolute atomic E-state index is 14.2. The van der Waals surface area contributed by atoms with Crippen LogP contribution < -0.4 is 10.0 Å². The van der Waals surface area contributed by atoms with Gasteiger partial charge >= 0.3 is 6.18 Å². The van der Waals surface area contributed by atoms with Crippen molar-refractivity contribution in [2.45, 2.75) is 37.0 Å². The molecule has 2 N–H and O–H groups in total. The van der Waals surface area contributed by atoms with Crippen LogP contribution in [0.5, 0.6) is 0 Å². The van der Waals surface area contributed by atoms with Crippen LogP contribution in [-0.4, -0.2) is 26.7 Å². The smallest absolute Gasteiger partial charge is 0.377 e. The summed E-state index contributed by atoms with van der Waals surface area (Å²) in [7, 11) is -4.46. The van der Waals surface area contributed by atoms with E-state index in [-0.39, 0.29) is 4.90 Å². The van der Waals surface area contributed by atoms with Crippen molar-refractivity contribution >= 4 is 33.4 Å². The summed E-state index contributed by atoms with van der Waals surface area (Å²) in [6.45, 7) is 3.65. The Bertz CT molecular complexity index is 1230. The van der Waals surface area contributed by atoms with Gasteiger partial charge in [0, 0.05) is 10.7 Å². The molecular formula is C25H24ClF3N2O2S. The quantitative estimate of drug-likeness (QED) is 0.372. The number of rotatable bonds is 8. The van der Waals surface area contributed by atoms with Crippen molar-refractivity contribution in [2.75, 3.05) is 5.32 Å². The molecule has 180 valence electrons. The second-order valence-electron chi connectivity index (χ2n) is 7.90. The van der Waals surface area contributed by atoms with Crippen LogP contribution in [0.25, 0.3) is 6.08 Å². The Balaban J connectivity index is 1.99. The number of hydrogen-bond donors (Lipinski definition) is 2. The molecule has 4 nitrogen and oxygen atoms in total. The first-order valence-electron chi connectivity index (χ1n) is 10.4. The third kappa shape index (κ3) is 7.09. The van der Waals surface area contributed by atoms with Crippen LogP contribution in [0.4, 0.5) is 18.9 Å². The van der Waals surface area contributed by atoms with E-state index in [0.717, 1.165) is 11.1 Å². The number of aryl methyl sites for hydroxylation is 2. The van der Waals surface area contributed by atoms with Crippen LogP contribution in [-0.2, 0) is 10.0 Å². The third-order valence-corrected chi connectivity index (χ3v) is 6.79. The fraction of sp³-hybridized carbons (Fsp3) is 0.200. The van der Waals surface area contributed by atoms with E-state index in [9.17, 15) is 21.6 Å². The van der Waals surface area contributed by atoms with Gasteiger partial charge in [0.05, 0.1) is 10.9 Å². The van der Waals surface area contributed by atoms with Crippen LogP contribution in [0.15, 0.2) is 83.8 Å². The average molecular weight is 509 g/mol. The van der Waals surface area contributed by atoms with Gasteiger partial charge in [-0.15, -0.1) is 0 Å². The van der Waals surface area contributed by atoms with E-state index in [1.165, 1.54) is 60.7 Å². The van der Waals surface area contributed by atoms with Gasteiger partial charge in [-0.05, 0) is 55.8 Å². The van der Waals surface area contributed by atoms with Crippen molar-refractivity contribution in [2.24, 2.45) is 0 Å². The molecule has 0 aliphatic heterocycles. The van der Waals surface area contributed by atoms with E-state index >= 15 is 0 Å². The Hall–Kier alpha value is -2.81. The standard InChI is InChI=1S/C25H24ClF3N2O2S/c1-17-3-7-19(8-4-17)9-16-23(30-21-12-10-20(26)11-13-21)24(25(27,28)29)31-34(32,33)22-14-5-18(2)6-15-22/h3-16,23-24,30-31H,1-2H3/b16-9+/t23-,24+/m0/s1. The molecule has 0 amide bonds. The zero-order valence-corrected chi connectivity index (χ0v) is 20.0. The number of alkyl halides is 3. The molecule has 0 radical (unpaired) electrons. The van der Waals surface area contributed by atoms with E-state index in [1.54, 1.807) is 19.1 Å². The van der Waals surface area contributed by atoms with Crippen LogP contribution in [0.3, 0.4) is 0 Å². The molecule has 0 saturated carbocycles. The molecule has 3 rings (SSSR count). The molecule has 3 aromatic rings. The summed E-state index contributed by atoms with van der Waals surface area (Å²) < 4.78 is 70.1. The molecule has 0 bridgehead atoms. The second kappa shape index (κ2) is 10.6. The van der Waals surface area contributed by atoms with Crippen molar-refractivity contribution < 1.29 is 21.6 Å². The molecule has 9 heteroatoms. The minimum Gasteiger partial charge on any atom is -0.377 e. The van der Waals surface area contributed by atoms with Gasteiger partial charge in [0.25, 0.3) is 0 Å². The van der Waals surface area contributed by atoms with E-state index < -0.39 is 28.3 Å². The van der Waals surface area contributed by atoms with Crippen LogP contribution >= 0.6 is 11.6 Å². The highest BCUT2D eigenvalue weighted by Gasteiger charge is 2.46. The van der Waals surface area contributed by atoms with E-state index in [1.807, 2.05) is 23.8 Å². The van der Waals surface area contributed by atoms with Gasteiger partial charge in [0.1, 0.15) is 6.04 Å². The topological polar surface area (TPSA) is 58.2 Å². The molecule has 0 aromatic heterocycles. The molecular weight excluding hydrogens is 485 g/mol. The van der Waals surface area contributed by atoms with E-state index in [0.29, 0.717) is 16.3 Å². The lowest BCUT2D eigenvalue weighted by atomic mass is 10.1. The monoisotopic (exact) mass is 508 g/mol. The highest BCUT2D eigenvalue weighted by molar-refractivity contribution is 7.89. The number of anilines is 1. The largest absolute Gasteiger partial charge is 0.407 e. The number of hydrogen-bond acceptors (Lipinski definition) is 3. The predicted molar refractivity (Wildman–Crippen MR) is 130 cm³/mol. The van der Waals surface area contributed by atoms with Crippen molar-refractivity contribution in [1.29, 1.82) is 0 Å². The number of nitrogens with one attached hydrogen (secondary N) is 2. The summed E-state index contributed by atoms with van der Waals surface area (Å²) in [6.07, 6.45) is -2.07. The molecule has 34 heavy (non-hydrogen) atoms. The predicted octanol–water partition coefficient (Wildman–Crippen LogP) is 6.36. The zero-order valence-electron chi connectivity index (χ0n) is 18.5. The number of benzene rings is 3. The fourth-order valence-electron chi connectivity index (χ4n) is 3.17. The van der Waals surface area contributed by atoms with Gasteiger partial charge in [0.2, 0.25) is 10.0 Å². The molecule has 0 aliphatic rings. The van der Waals surface area contributed by atoms with Crippen LogP contribution in [0, 0.1) is 13.8 Å². The Kier molecular flexibility index (Phi) is 8.07. The SMILES string of the molecule is Cc1ccc(/C=C/[C@H](Nc2ccc(Cl)cc2)[C@@H](NS(=O)(=O)c2ccc(C)cc2)C(F)(F)F)cc1. The van der Waals surface area contributed by atoms with Crippen molar-refractivity contribution in [3.05, 3.63) is 101 Å². The summed E-state index contributed by atoms with van der Waals surface area (Å²) in [4.78, 5) is -0.250. The lowest BCUT2D eigenvalue weighted by Crippen LogP contribution is -2.54. The Morgan fingerprint density at radius 3 is 1.91 bits per heavy atom. The Morgan fingerprint density at radius 1 is 0.853 bits per heavy atom. The average Bonchev–Trinajstić information content (AvgIpc) is 2.77. The van der Waals surface area contributed by atoms with Gasteiger partial charge in [-0.25, -0.2) is 8.42 Å². The normalized spacial score (nSPS) is 14.2. The van der Waals surface area contributed by atoms with Gasteiger partial charge in [-0.2, -0.15) is 17.9 Å². The lowest BCUT2D eigenvalue weighted by molar-refractivity contribution is -0.152. The van der Waals surface area contributed by atoms with Gasteiger partial charge < -0.3 is 5.32 Å². The first-order chi connectivity index (χ1) is 15.9. The lowest BCUT2D eigenvalue weighted by Gasteiger charge is -2.29. The summed E-state index contributed by atoms with van der Waals surface area (Å²) >= 11 is 5.89. The Morgan fingerprint density at radius 2 is 1.38 bits per heavy atom. The Labute approximate surface area is 202 Å². The second-order valence-corrected chi connectivity index (χ2v) is 10.1. The first kappa shape index (κ1) is 25.8. The van der Waals surface area contributed by atoms with Crippen molar-refractivity contribution in [1.82, 2.24) is 4.72 Å². The van der Waals surface area contributed by atoms with Crippen LogP contribution in [0.1, 0.15) is 16.7 Å². The third-order valence-electron chi connectivity index (χ3n) is 5.08. The van der Waals surface area contributed by atoms with E-state index in [4.69, 9.17) is 11.6 Å². The fourth-order valence-corrected chi connectivity index (χ4v) is 4.54. The van der Waals surface area contributed by atoms with Crippen molar-refractivity contribution in [3.8, 4) is 0 Å². The minimum atomic E-state index is -4.89. The van der Waals surface area contributed by atoms with Crippen molar-refractivity contribution in [3.63, 3.8) is 0 Å².